The van der Waals surface area contributed by atoms with Gasteiger partial charge in [-0.1, -0.05) is 6.07 Å². The van der Waals surface area contributed by atoms with Gasteiger partial charge in [-0.2, -0.15) is 0 Å². The van der Waals surface area contributed by atoms with Gasteiger partial charge in [0.1, 0.15) is 0 Å². The molecular formula is C17H23N5O2. The van der Waals surface area contributed by atoms with Crippen molar-refractivity contribution in [3.8, 4) is 5.88 Å². The van der Waals surface area contributed by atoms with Crippen molar-refractivity contribution >= 4 is 6.03 Å². The second-order valence-corrected chi connectivity index (χ2v) is 5.83. The number of imidazole rings is 1. The zero-order chi connectivity index (χ0) is 16.8. The largest absolute Gasteiger partial charge is 0.478 e. The minimum Gasteiger partial charge on any atom is -0.478 e. The number of urea groups is 1. The first kappa shape index (κ1) is 16.3. The molecule has 7 nitrogen and oxygen atoms in total. The van der Waals surface area contributed by atoms with Gasteiger partial charge in [-0.05, 0) is 25.8 Å². The fourth-order valence-electron chi connectivity index (χ4n) is 2.99. The Balaban J connectivity index is 1.50. The fourth-order valence-corrected chi connectivity index (χ4v) is 2.99. The molecule has 0 aromatic carbocycles. The second-order valence-electron chi connectivity index (χ2n) is 5.83. The summed E-state index contributed by atoms with van der Waals surface area (Å²) in [5, 5.41) is 2.96. The lowest BCUT2D eigenvalue weighted by molar-refractivity contribution is 0.180. The van der Waals surface area contributed by atoms with Crippen LogP contribution in [0.3, 0.4) is 0 Å². The highest BCUT2D eigenvalue weighted by Gasteiger charge is 2.24. The molecule has 0 unspecified atom stereocenters. The van der Waals surface area contributed by atoms with Crippen LogP contribution in [0.15, 0.2) is 30.9 Å². The monoisotopic (exact) mass is 329 g/mol. The molecule has 0 bridgehead atoms. The molecule has 2 N–H and O–H groups in total. The number of aromatic amines is 1. The van der Waals surface area contributed by atoms with Crippen molar-refractivity contribution in [3.63, 3.8) is 0 Å². The molecule has 3 heterocycles. The maximum atomic E-state index is 12.4. The van der Waals surface area contributed by atoms with Gasteiger partial charge in [-0.15, -0.1) is 0 Å². The molecule has 0 spiro atoms. The molecule has 24 heavy (non-hydrogen) atoms. The molecule has 1 fully saturated rings. The van der Waals surface area contributed by atoms with Crippen molar-refractivity contribution in [3.05, 3.63) is 42.1 Å². The van der Waals surface area contributed by atoms with Crippen molar-refractivity contribution in [2.45, 2.75) is 32.2 Å². The van der Waals surface area contributed by atoms with Crippen LogP contribution >= 0.6 is 0 Å². The minimum atomic E-state index is -0.0376. The van der Waals surface area contributed by atoms with Gasteiger partial charge >= 0.3 is 6.03 Å². The van der Waals surface area contributed by atoms with E-state index in [9.17, 15) is 4.79 Å². The van der Waals surface area contributed by atoms with Gasteiger partial charge in [-0.3, -0.25) is 0 Å². The van der Waals surface area contributed by atoms with Gasteiger partial charge in [0.15, 0.2) is 0 Å². The first-order valence-electron chi connectivity index (χ1n) is 8.35. The van der Waals surface area contributed by atoms with Gasteiger partial charge in [0.05, 0.1) is 12.9 Å². The van der Waals surface area contributed by atoms with E-state index in [0.29, 0.717) is 24.9 Å². The summed E-state index contributed by atoms with van der Waals surface area (Å²) in [7, 11) is 0. The van der Waals surface area contributed by atoms with Crippen molar-refractivity contribution < 1.29 is 9.53 Å². The van der Waals surface area contributed by atoms with Crippen molar-refractivity contribution in [2.24, 2.45) is 0 Å². The van der Waals surface area contributed by atoms with E-state index in [-0.39, 0.29) is 6.03 Å². The molecule has 2 amide bonds. The standard InChI is InChI=1S/C17H23N5O2/c1-2-24-16-14(4-3-7-19-16)10-20-17(23)22-8-5-13(6-9-22)15-11-18-12-21-15/h3-4,7,11-13H,2,5-6,8-10H2,1H3,(H,18,21)(H,20,23). The Kier molecular flexibility index (Phi) is 5.30. The summed E-state index contributed by atoms with van der Waals surface area (Å²) in [6.45, 7) is 4.39. The average Bonchev–Trinajstić information content (AvgIpc) is 3.16. The number of nitrogens with one attached hydrogen (secondary N) is 2. The number of H-pyrrole nitrogens is 1. The lowest BCUT2D eigenvalue weighted by atomic mass is 9.94. The third-order valence-electron chi connectivity index (χ3n) is 4.30. The lowest BCUT2D eigenvalue weighted by Crippen LogP contribution is -2.43. The molecule has 7 heteroatoms. The number of nitrogens with zero attached hydrogens (tertiary/aromatic N) is 3. The van der Waals surface area contributed by atoms with E-state index in [4.69, 9.17) is 4.74 Å². The summed E-state index contributed by atoms with van der Waals surface area (Å²) in [6, 6.07) is 3.73. The van der Waals surface area contributed by atoms with Crippen LogP contribution in [0.4, 0.5) is 4.79 Å². The number of amides is 2. The molecular weight excluding hydrogens is 306 g/mol. The minimum absolute atomic E-state index is 0.0376. The number of hydrogen-bond acceptors (Lipinski definition) is 4. The predicted octanol–water partition coefficient (Wildman–Crippen LogP) is 2.29. The van der Waals surface area contributed by atoms with Gasteiger partial charge in [0, 0.05) is 49.2 Å². The van der Waals surface area contributed by atoms with Gasteiger partial charge in [0.2, 0.25) is 5.88 Å². The molecule has 128 valence electrons. The average molecular weight is 329 g/mol. The fraction of sp³-hybridized carbons (Fsp3) is 0.471. The number of carbonyl (C=O) groups excluding carboxylic acids is 1. The summed E-state index contributed by atoms with van der Waals surface area (Å²) in [5.41, 5.74) is 2.05. The third kappa shape index (κ3) is 3.84. The van der Waals surface area contributed by atoms with E-state index < -0.39 is 0 Å². The van der Waals surface area contributed by atoms with E-state index in [1.165, 1.54) is 0 Å². The van der Waals surface area contributed by atoms with Crippen molar-refractivity contribution in [2.75, 3.05) is 19.7 Å². The van der Waals surface area contributed by atoms with Crippen LogP contribution in [-0.2, 0) is 6.54 Å². The predicted molar refractivity (Wildman–Crippen MR) is 89.8 cm³/mol. The number of likely N-dealkylation sites (tertiary alicyclic amines) is 1. The Hall–Kier alpha value is -2.57. The van der Waals surface area contributed by atoms with Crippen LogP contribution in [0, 0.1) is 0 Å². The van der Waals surface area contributed by atoms with E-state index in [1.807, 2.05) is 30.2 Å². The number of hydrogen-bond donors (Lipinski definition) is 2. The SMILES string of the molecule is CCOc1ncccc1CNC(=O)N1CCC(c2cnc[nH]2)CC1. The Morgan fingerprint density at radius 3 is 3.00 bits per heavy atom. The van der Waals surface area contributed by atoms with Crippen molar-refractivity contribution in [1.29, 1.82) is 0 Å². The number of rotatable bonds is 5. The Labute approximate surface area is 141 Å². The zero-order valence-corrected chi connectivity index (χ0v) is 13.9. The molecule has 0 atom stereocenters. The summed E-state index contributed by atoms with van der Waals surface area (Å²) in [4.78, 5) is 25.7. The smallest absolute Gasteiger partial charge is 0.317 e. The maximum Gasteiger partial charge on any atom is 0.317 e. The molecule has 1 saturated heterocycles. The number of pyridine rings is 1. The molecule has 3 rings (SSSR count). The van der Waals surface area contributed by atoms with Crippen LogP contribution in [0.1, 0.15) is 36.9 Å². The van der Waals surface area contributed by atoms with E-state index in [0.717, 1.165) is 37.2 Å². The van der Waals surface area contributed by atoms with Crippen molar-refractivity contribution in [1.82, 2.24) is 25.2 Å². The van der Waals surface area contributed by atoms with Crippen LogP contribution in [0.2, 0.25) is 0 Å². The normalized spacial score (nSPS) is 15.3. The van der Waals surface area contributed by atoms with Gasteiger partial charge in [-0.25, -0.2) is 14.8 Å². The Morgan fingerprint density at radius 1 is 1.46 bits per heavy atom. The molecule has 0 aliphatic carbocycles. The number of piperidine rings is 1. The first-order valence-corrected chi connectivity index (χ1v) is 8.35. The van der Waals surface area contributed by atoms with Crippen LogP contribution in [0.25, 0.3) is 0 Å². The first-order chi connectivity index (χ1) is 11.8. The highest BCUT2D eigenvalue weighted by Crippen LogP contribution is 2.26. The Bertz CT molecular complexity index is 651. The third-order valence-corrected chi connectivity index (χ3v) is 4.30. The van der Waals surface area contributed by atoms with E-state index in [1.54, 1.807) is 12.5 Å². The van der Waals surface area contributed by atoms with E-state index >= 15 is 0 Å². The summed E-state index contributed by atoms with van der Waals surface area (Å²) >= 11 is 0. The molecule has 0 saturated carbocycles. The highest BCUT2D eigenvalue weighted by molar-refractivity contribution is 5.74. The lowest BCUT2D eigenvalue weighted by Gasteiger charge is -2.31. The number of ether oxygens (including phenoxy) is 1. The zero-order valence-electron chi connectivity index (χ0n) is 13.9. The summed E-state index contributed by atoms with van der Waals surface area (Å²) < 4.78 is 5.48. The van der Waals surface area contributed by atoms with E-state index in [2.05, 4.69) is 20.3 Å². The maximum absolute atomic E-state index is 12.4. The number of carbonyl (C=O) groups is 1. The van der Waals surface area contributed by atoms with Crippen LogP contribution < -0.4 is 10.1 Å². The molecule has 2 aromatic heterocycles. The van der Waals surface area contributed by atoms with Crippen LogP contribution in [0.5, 0.6) is 5.88 Å². The summed E-state index contributed by atoms with van der Waals surface area (Å²) in [5.74, 6) is 1.04. The highest BCUT2D eigenvalue weighted by atomic mass is 16.5. The number of aromatic nitrogens is 3. The quantitative estimate of drug-likeness (QED) is 0.881. The van der Waals surface area contributed by atoms with Gasteiger partial charge < -0.3 is 19.9 Å². The van der Waals surface area contributed by atoms with Gasteiger partial charge in [0.25, 0.3) is 0 Å². The molecule has 1 aliphatic heterocycles. The second kappa shape index (κ2) is 7.81. The van der Waals surface area contributed by atoms with Crippen LogP contribution in [-0.4, -0.2) is 45.6 Å². The molecule has 2 aromatic rings. The summed E-state index contributed by atoms with van der Waals surface area (Å²) in [6.07, 6.45) is 7.17. The Morgan fingerprint density at radius 2 is 2.29 bits per heavy atom. The topological polar surface area (TPSA) is 83.1 Å². The molecule has 0 radical (unpaired) electrons. The molecule has 1 aliphatic rings.